The lowest BCUT2D eigenvalue weighted by atomic mass is 10.2. The van der Waals surface area contributed by atoms with Crippen molar-refractivity contribution in [3.63, 3.8) is 0 Å². The minimum Gasteiger partial charge on any atom is -0.369 e. The molecule has 1 aromatic heterocycles. The Bertz CT molecular complexity index is 714. The van der Waals surface area contributed by atoms with Gasteiger partial charge in [0.05, 0.1) is 10.5 Å². The van der Waals surface area contributed by atoms with E-state index in [1.54, 1.807) is 0 Å². The Morgan fingerprint density at radius 1 is 1.11 bits per heavy atom. The number of para-hydroxylation sites is 1. The molecule has 0 atom stereocenters. The van der Waals surface area contributed by atoms with Crippen LogP contribution in [0.2, 0.25) is 5.02 Å². The van der Waals surface area contributed by atoms with Gasteiger partial charge in [-0.15, -0.1) is 0 Å². The molecule has 0 aliphatic heterocycles. The van der Waals surface area contributed by atoms with E-state index in [4.69, 9.17) is 17.3 Å². The number of hydrogen-bond donors (Lipinski definition) is 1. The van der Waals surface area contributed by atoms with Gasteiger partial charge in [0.25, 0.3) is 0 Å². The number of nitrogens with zero attached hydrogens (tertiary/aromatic N) is 2. The van der Waals surface area contributed by atoms with Crippen molar-refractivity contribution < 1.29 is 0 Å². The van der Waals surface area contributed by atoms with Crippen LogP contribution in [0.5, 0.6) is 0 Å². The van der Waals surface area contributed by atoms with Gasteiger partial charge in [-0.1, -0.05) is 35.4 Å². The van der Waals surface area contributed by atoms with E-state index in [2.05, 4.69) is 11.9 Å². The summed E-state index contributed by atoms with van der Waals surface area (Å²) in [6.45, 7) is 2.05. The zero-order valence-corrected chi connectivity index (χ0v) is 10.6. The first-order valence-electron chi connectivity index (χ1n) is 5.66. The Morgan fingerprint density at radius 3 is 2.56 bits per heavy atom. The van der Waals surface area contributed by atoms with Crippen LogP contribution in [0.1, 0.15) is 5.56 Å². The molecule has 0 bridgehead atoms. The summed E-state index contributed by atoms with van der Waals surface area (Å²) >= 11 is 6.12. The summed E-state index contributed by atoms with van der Waals surface area (Å²) in [5, 5.41) is 0.616. The van der Waals surface area contributed by atoms with Crippen LogP contribution in [-0.4, -0.2) is 9.55 Å². The van der Waals surface area contributed by atoms with Crippen molar-refractivity contribution in [3.05, 3.63) is 53.1 Å². The highest BCUT2D eigenvalue weighted by Crippen LogP contribution is 2.27. The molecule has 0 aliphatic rings. The first-order chi connectivity index (χ1) is 8.66. The quantitative estimate of drug-likeness (QED) is 0.724. The first kappa shape index (κ1) is 11.1. The summed E-state index contributed by atoms with van der Waals surface area (Å²) in [6.07, 6.45) is 0. The number of fused-ring (bicyclic) bond motifs is 1. The minimum atomic E-state index is 0.446. The van der Waals surface area contributed by atoms with E-state index in [9.17, 15) is 0 Å². The van der Waals surface area contributed by atoms with E-state index in [0.717, 1.165) is 16.7 Å². The van der Waals surface area contributed by atoms with Crippen molar-refractivity contribution in [1.82, 2.24) is 9.55 Å². The lowest BCUT2D eigenvalue weighted by Crippen LogP contribution is -2.00. The standard InChI is InChI=1S/C14H12ClN3/c1-9-5-7-10(8-6-9)18-12-4-2-3-11(15)13(12)17-14(18)16/h2-8H,1H3,(H2,16,17). The van der Waals surface area contributed by atoms with Crippen LogP contribution in [0.4, 0.5) is 5.95 Å². The Kier molecular flexibility index (Phi) is 2.49. The Labute approximate surface area is 110 Å². The monoisotopic (exact) mass is 257 g/mol. The van der Waals surface area contributed by atoms with Gasteiger partial charge in [-0.2, -0.15) is 0 Å². The zero-order valence-electron chi connectivity index (χ0n) is 9.89. The number of nitrogens with two attached hydrogens (primary N) is 1. The average Bonchev–Trinajstić information content (AvgIpc) is 2.69. The molecule has 0 saturated heterocycles. The smallest absolute Gasteiger partial charge is 0.205 e. The third kappa shape index (κ3) is 1.64. The fourth-order valence-electron chi connectivity index (χ4n) is 2.05. The van der Waals surface area contributed by atoms with E-state index < -0.39 is 0 Å². The molecule has 0 amide bonds. The van der Waals surface area contributed by atoms with Gasteiger partial charge >= 0.3 is 0 Å². The van der Waals surface area contributed by atoms with Crippen LogP contribution in [0.25, 0.3) is 16.7 Å². The molecule has 2 aromatic carbocycles. The van der Waals surface area contributed by atoms with Crippen molar-refractivity contribution >= 4 is 28.6 Å². The molecular weight excluding hydrogens is 246 g/mol. The van der Waals surface area contributed by atoms with E-state index in [-0.39, 0.29) is 0 Å². The molecule has 0 saturated carbocycles. The number of anilines is 1. The predicted molar refractivity (Wildman–Crippen MR) is 75.2 cm³/mol. The van der Waals surface area contributed by atoms with Crippen LogP contribution < -0.4 is 5.73 Å². The number of aryl methyl sites for hydroxylation is 1. The second-order valence-corrected chi connectivity index (χ2v) is 4.66. The lowest BCUT2D eigenvalue weighted by Gasteiger charge is -2.06. The maximum Gasteiger partial charge on any atom is 0.205 e. The fraction of sp³-hybridized carbons (Fsp3) is 0.0714. The lowest BCUT2D eigenvalue weighted by molar-refractivity contribution is 1.11. The Hall–Kier alpha value is -2.00. The van der Waals surface area contributed by atoms with E-state index in [0.29, 0.717) is 11.0 Å². The van der Waals surface area contributed by atoms with Gasteiger partial charge in [-0.25, -0.2) is 4.98 Å². The number of hydrogen-bond acceptors (Lipinski definition) is 2. The number of halogens is 1. The summed E-state index contributed by atoms with van der Waals surface area (Å²) in [7, 11) is 0. The molecule has 0 radical (unpaired) electrons. The summed E-state index contributed by atoms with van der Waals surface area (Å²) in [6, 6.07) is 13.8. The molecule has 0 spiro atoms. The van der Waals surface area contributed by atoms with Crippen molar-refractivity contribution in [2.45, 2.75) is 6.92 Å². The molecule has 4 heteroatoms. The zero-order chi connectivity index (χ0) is 12.7. The van der Waals surface area contributed by atoms with Crippen molar-refractivity contribution in [3.8, 4) is 5.69 Å². The van der Waals surface area contributed by atoms with Crippen molar-refractivity contribution in [2.75, 3.05) is 5.73 Å². The van der Waals surface area contributed by atoms with Gasteiger partial charge in [0.2, 0.25) is 5.95 Å². The summed E-state index contributed by atoms with van der Waals surface area (Å²) in [5.74, 6) is 0.446. The van der Waals surface area contributed by atoms with Gasteiger partial charge in [0.1, 0.15) is 5.52 Å². The third-order valence-corrected chi connectivity index (χ3v) is 3.26. The van der Waals surface area contributed by atoms with Gasteiger partial charge in [0, 0.05) is 5.69 Å². The highest BCUT2D eigenvalue weighted by atomic mass is 35.5. The maximum absolute atomic E-state index is 6.12. The molecule has 0 unspecified atom stereocenters. The average molecular weight is 258 g/mol. The SMILES string of the molecule is Cc1ccc(-n2c(N)nc3c(Cl)cccc32)cc1. The van der Waals surface area contributed by atoms with Crippen molar-refractivity contribution in [2.24, 2.45) is 0 Å². The Balaban J connectivity index is 2.32. The van der Waals surface area contributed by atoms with Crippen LogP contribution in [0.3, 0.4) is 0 Å². The first-order valence-corrected chi connectivity index (χ1v) is 6.04. The molecule has 18 heavy (non-hydrogen) atoms. The highest BCUT2D eigenvalue weighted by molar-refractivity contribution is 6.35. The van der Waals surface area contributed by atoms with Gasteiger partial charge in [-0.3, -0.25) is 4.57 Å². The van der Waals surface area contributed by atoms with E-state index in [1.807, 2.05) is 47.0 Å². The van der Waals surface area contributed by atoms with Crippen LogP contribution >= 0.6 is 11.6 Å². The normalized spacial score (nSPS) is 11.0. The molecule has 2 N–H and O–H groups in total. The largest absolute Gasteiger partial charge is 0.369 e. The molecule has 3 rings (SSSR count). The molecule has 90 valence electrons. The summed E-state index contributed by atoms with van der Waals surface area (Å²) < 4.78 is 1.90. The van der Waals surface area contributed by atoms with Gasteiger partial charge in [-0.05, 0) is 31.2 Å². The molecule has 3 nitrogen and oxygen atoms in total. The fourth-order valence-corrected chi connectivity index (χ4v) is 2.26. The number of nitrogen functional groups attached to an aromatic ring is 1. The summed E-state index contributed by atoms with van der Waals surface area (Å²) in [4.78, 5) is 4.32. The second kappa shape index (κ2) is 4.03. The third-order valence-electron chi connectivity index (χ3n) is 2.95. The van der Waals surface area contributed by atoms with E-state index in [1.165, 1.54) is 5.56 Å². The molecule has 1 heterocycles. The number of aromatic nitrogens is 2. The minimum absolute atomic E-state index is 0.446. The number of benzene rings is 2. The second-order valence-electron chi connectivity index (χ2n) is 4.25. The Morgan fingerprint density at radius 2 is 1.83 bits per heavy atom. The number of rotatable bonds is 1. The van der Waals surface area contributed by atoms with Crippen LogP contribution in [0.15, 0.2) is 42.5 Å². The van der Waals surface area contributed by atoms with Crippen molar-refractivity contribution in [1.29, 1.82) is 0 Å². The maximum atomic E-state index is 6.12. The molecular formula is C14H12ClN3. The molecule has 3 aromatic rings. The predicted octanol–water partition coefficient (Wildman–Crippen LogP) is 3.57. The van der Waals surface area contributed by atoms with Crippen LogP contribution in [0, 0.1) is 6.92 Å². The number of imidazole rings is 1. The summed E-state index contributed by atoms with van der Waals surface area (Å²) in [5.41, 5.74) is 9.84. The van der Waals surface area contributed by atoms with Crippen LogP contribution in [-0.2, 0) is 0 Å². The highest BCUT2D eigenvalue weighted by Gasteiger charge is 2.11. The molecule has 0 fully saturated rings. The topological polar surface area (TPSA) is 43.8 Å². The van der Waals surface area contributed by atoms with Gasteiger partial charge < -0.3 is 5.73 Å². The van der Waals surface area contributed by atoms with E-state index >= 15 is 0 Å². The van der Waals surface area contributed by atoms with Gasteiger partial charge in [0.15, 0.2) is 0 Å². The molecule has 0 aliphatic carbocycles.